The summed E-state index contributed by atoms with van der Waals surface area (Å²) in [4.78, 5) is 0. The number of rotatable bonds is 5. The van der Waals surface area contributed by atoms with Gasteiger partial charge in [-0.1, -0.05) is 42.5 Å². The first-order valence-corrected chi connectivity index (χ1v) is 6.85. The molecule has 2 aromatic rings. The lowest BCUT2D eigenvalue weighted by atomic mass is 10.0. The Morgan fingerprint density at radius 3 is 2.20 bits per heavy atom. The van der Waals surface area contributed by atoms with Crippen LogP contribution < -0.4 is 16.2 Å². The molecule has 2 rings (SSSR count). The lowest BCUT2D eigenvalue weighted by Crippen LogP contribution is -2.21. The fraction of sp³-hybridized carbons (Fsp3) is 0.294. The second-order valence-corrected chi connectivity index (χ2v) is 5.10. The highest BCUT2D eigenvalue weighted by molar-refractivity contribution is 5.44. The normalized spacial score (nSPS) is 12.2. The van der Waals surface area contributed by atoms with Crippen molar-refractivity contribution < 1.29 is 4.74 Å². The summed E-state index contributed by atoms with van der Waals surface area (Å²) in [6.45, 7) is 5.11. The van der Waals surface area contributed by atoms with Crippen LogP contribution in [0.1, 0.15) is 28.3 Å². The Labute approximate surface area is 120 Å². The molecule has 4 N–H and O–H groups in total. The summed E-state index contributed by atoms with van der Waals surface area (Å²) in [5.74, 6) is 0.932. The Hall–Kier alpha value is -1.84. The molecule has 0 radical (unpaired) electrons. The zero-order valence-corrected chi connectivity index (χ0v) is 12.1. The van der Waals surface area contributed by atoms with Crippen LogP contribution in [0, 0.1) is 13.8 Å². The van der Waals surface area contributed by atoms with Crippen molar-refractivity contribution in [1.29, 1.82) is 0 Å². The maximum Gasteiger partial charge on any atom is 0.125 e. The monoisotopic (exact) mass is 270 g/mol. The number of hydrogen-bond acceptors (Lipinski definition) is 3. The zero-order chi connectivity index (χ0) is 14.5. The molecule has 106 valence electrons. The van der Waals surface area contributed by atoms with Crippen molar-refractivity contribution in [2.45, 2.75) is 26.5 Å². The molecule has 0 heterocycles. The molecule has 0 aliphatic rings. The topological polar surface area (TPSA) is 61.3 Å². The van der Waals surface area contributed by atoms with Gasteiger partial charge in [-0.25, -0.2) is 0 Å². The van der Waals surface area contributed by atoms with Crippen LogP contribution >= 0.6 is 0 Å². The summed E-state index contributed by atoms with van der Waals surface area (Å²) in [5, 5.41) is 0. The molecule has 1 unspecified atom stereocenters. The smallest absolute Gasteiger partial charge is 0.125 e. The molecule has 0 aliphatic heterocycles. The van der Waals surface area contributed by atoms with E-state index in [1.807, 2.05) is 32.0 Å². The van der Waals surface area contributed by atoms with Gasteiger partial charge in [-0.3, -0.25) is 0 Å². The number of benzene rings is 2. The van der Waals surface area contributed by atoms with Gasteiger partial charge in [0.05, 0.1) is 0 Å². The van der Waals surface area contributed by atoms with E-state index in [9.17, 15) is 0 Å². The van der Waals surface area contributed by atoms with Crippen molar-refractivity contribution in [2.75, 3.05) is 6.54 Å². The average molecular weight is 270 g/mol. The highest BCUT2D eigenvalue weighted by Crippen LogP contribution is 2.27. The van der Waals surface area contributed by atoms with Gasteiger partial charge in [-0.15, -0.1) is 0 Å². The summed E-state index contributed by atoms with van der Waals surface area (Å²) in [6.07, 6.45) is 0. The quantitative estimate of drug-likeness (QED) is 0.878. The van der Waals surface area contributed by atoms with Crippen LogP contribution in [0.15, 0.2) is 42.5 Å². The second-order valence-electron chi connectivity index (χ2n) is 5.10. The lowest BCUT2D eigenvalue weighted by molar-refractivity contribution is 0.302. The van der Waals surface area contributed by atoms with Crippen molar-refractivity contribution in [1.82, 2.24) is 0 Å². The molecule has 0 aliphatic carbocycles. The van der Waals surface area contributed by atoms with E-state index in [2.05, 4.69) is 24.3 Å². The largest absolute Gasteiger partial charge is 0.488 e. The first kappa shape index (κ1) is 14.6. The maximum atomic E-state index is 5.98. The minimum atomic E-state index is -0.115. The average Bonchev–Trinajstić information content (AvgIpc) is 2.46. The molecule has 0 saturated heterocycles. The van der Waals surface area contributed by atoms with E-state index in [0.717, 1.165) is 28.0 Å². The number of aryl methyl sites for hydroxylation is 2. The van der Waals surface area contributed by atoms with Crippen LogP contribution in [0.2, 0.25) is 0 Å². The fourth-order valence-corrected chi connectivity index (χ4v) is 2.29. The molecule has 0 fully saturated rings. The third kappa shape index (κ3) is 3.38. The molecule has 1 atom stereocenters. The van der Waals surface area contributed by atoms with Gasteiger partial charge in [-0.05, 0) is 36.1 Å². The molecule has 3 heteroatoms. The van der Waals surface area contributed by atoms with Crippen LogP contribution in [-0.2, 0) is 6.61 Å². The van der Waals surface area contributed by atoms with Gasteiger partial charge in [0.15, 0.2) is 0 Å². The Morgan fingerprint density at radius 2 is 1.65 bits per heavy atom. The predicted molar refractivity (Wildman–Crippen MR) is 82.7 cm³/mol. The first-order chi connectivity index (χ1) is 9.61. The third-order valence-corrected chi connectivity index (χ3v) is 3.39. The standard InChI is InChI=1S/C17H22N2O/c1-12-8-15(16(19)10-18)9-13(2)17(12)20-11-14-6-4-3-5-7-14/h3-9,16H,10-11,18-19H2,1-2H3. The highest BCUT2D eigenvalue weighted by atomic mass is 16.5. The van der Waals surface area contributed by atoms with Crippen molar-refractivity contribution in [3.63, 3.8) is 0 Å². The van der Waals surface area contributed by atoms with Gasteiger partial charge in [0.1, 0.15) is 12.4 Å². The summed E-state index contributed by atoms with van der Waals surface area (Å²) in [6, 6.07) is 14.2. The molecule has 3 nitrogen and oxygen atoms in total. The molecule has 20 heavy (non-hydrogen) atoms. The minimum Gasteiger partial charge on any atom is -0.488 e. The van der Waals surface area contributed by atoms with Crippen LogP contribution in [-0.4, -0.2) is 6.54 Å². The molecule has 0 saturated carbocycles. The van der Waals surface area contributed by atoms with Gasteiger partial charge < -0.3 is 16.2 Å². The molecule has 2 aromatic carbocycles. The van der Waals surface area contributed by atoms with E-state index < -0.39 is 0 Å². The minimum absolute atomic E-state index is 0.115. The van der Waals surface area contributed by atoms with Crippen molar-refractivity contribution in [2.24, 2.45) is 11.5 Å². The van der Waals surface area contributed by atoms with E-state index in [-0.39, 0.29) is 6.04 Å². The summed E-state index contributed by atoms with van der Waals surface area (Å²) < 4.78 is 5.95. The van der Waals surface area contributed by atoms with Gasteiger partial charge in [0.2, 0.25) is 0 Å². The fourth-order valence-electron chi connectivity index (χ4n) is 2.29. The predicted octanol–water partition coefficient (Wildman–Crippen LogP) is 2.84. The van der Waals surface area contributed by atoms with Crippen LogP contribution in [0.5, 0.6) is 5.75 Å². The molecular formula is C17H22N2O. The lowest BCUT2D eigenvalue weighted by Gasteiger charge is -2.16. The van der Waals surface area contributed by atoms with Gasteiger partial charge >= 0.3 is 0 Å². The molecule has 0 bridgehead atoms. The Bertz CT molecular complexity index is 543. The van der Waals surface area contributed by atoms with E-state index in [0.29, 0.717) is 13.2 Å². The molecular weight excluding hydrogens is 248 g/mol. The van der Waals surface area contributed by atoms with Crippen molar-refractivity contribution in [3.05, 3.63) is 64.7 Å². The van der Waals surface area contributed by atoms with E-state index in [4.69, 9.17) is 16.2 Å². The molecule has 0 amide bonds. The van der Waals surface area contributed by atoms with E-state index >= 15 is 0 Å². The van der Waals surface area contributed by atoms with Gasteiger partial charge in [0.25, 0.3) is 0 Å². The Balaban J connectivity index is 2.16. The maximum absolute atomic E-state index is 5.98. The Morgan fingerprint density at radius 1 is 1.05 bits per heavy atom. The van der Waals surface area contributed by atoms with E-state index in [1.165, 1.54) is 0 Å². The number of ether oxygens (including phenoxy) is 1. The summed E-state index contributed by atoms with van der Waals surface area (Å²) in [7, 11) is 0. The molecule has 0 aromatic heterocycles. The van der Waals surface area contributed by atoms with E-state index in [1.54, 1.807) is 0 Å². The number of hydrogen-bond donors (Lipinski definition) is 2. The van der Waals surface area contributed by atoms with Crippen LogP contribution in [0.4, 0.5) is 0 Å². The van der Waals surface area contributed by atoms with Crippen LogP contribution in [0.3, 0.4) is 0 Å². The first-order valence-electron chi connectivity index (χ1n) is 6.85. The SMILES string of the molecule is Cc1cc(C(N)CN)cc(C)c1OCc1ccccc1. The summed E-state index contributed by atoms with van der Waals surface area (Å²) in [5.41, 5.74) is 16.0. The van der Waals surface area contributed by atoms with Crippen LogP contribution in [0.25, 0.3) is 0 Å². The second kappa shape index (κ2) is 6.55. The third-order valence-electron chi connectivity index (χ3n) is 3.39. The molecule has 0 spiro atoms. The highest BCUT2D eigenvalue weighted by Gasteiger charge is 2.10. The van der Waals surface area contributed by atoms with Crippen molar-refractivity contribution in [3.8, 4) is 5.75 Å². The van der Waals surface area contributed by atoms with Gasteiger partial charge in [0, 0.05) is 12.6 Å². The number of nitrogens with two attached hydrogens (primary N) is 2. The van der Waals surface area contributed by atoms with Crippen molar-refractivity contribution >= 4 is 0 Å². The summed E-state index contributed by atoms with van der Waals surface area (Å²) >= 11 is 0. The zero-order valence-electron chi connectivity index (χ0n) is 12.1. The van der Waals surface area contributed by atoms with Gasteiger partial charge in [-0.2, -0.15) is 0 Å². The Kier molecular flexibility index (Phi) is 4.77.